The average Bonchev–Trinajstić information content (AvgIpc) is 2.45. The van der Waals surface area contributed by atoms with Crippen LogP contribution in [0.4, 0.5) is 11.4 Å². The maximum atomic E-state index is 13.1. The largest absolute Gasteiger partial charge is 0.399 e. The van der Waals surface area contributed by atoms with E-state index in [1.165, 1.54) is 12.8 Å². The molecule has 1 saturated carbocycles. The second-order valence-corrected chi connectivity index (χ2v) is 6.87. The third-order valence-electron chi connectivity index (χ3n) is 4.72. The summed E-state index contributed by atoms with van der Waals surface area (Å²) in [6.07, 6.45) is 5.53. The maximum Gasteiger partial charge on any atom is 0.230 e. The van der Waals surface area contributed by atoms with Gasteiger partial charge in [-0.3, -0.25) is 4.79 Å². The summed E-state index contributed by atoms with van der Waals surface area (Å²) in [6.45, 7) is 7.36. The van der Waals surface area contributed by atoms with Gasteiger partial charge in [0.05, 0.1) is 0 Å². The minimum absolute atomic E-state index is 0.106. The normalized spacial score (nSPS) is 21.0. The van der Waals surface area contributed by atoms with Crippen LogP contribution in [0.25, 0.3) is 0 Å². The van der Waals surface area contributed by atoms with Gasteiger partial charge in [-0.25, -0.2) is 0 Å². The zero-order valence-electron chi connectivity index (χ0n) is 13.6. The molecule has 3 heteroatoms. The maximum absolute atomic E-state index is 13.1. The number of hydrogen-bond acceptors (Lipinski definition) is 2. The molecule has 1 atom stereocenters. The van der Waals surface area contributed by atoms with Crippen molar-refractivity contribution in [2.75, 3.05) is 17.2 Å². The summed E-state index contributed by atoms with van der Waals surface area (Å²) in [5.41, 5.74) is 7.57. The molecule has 2 N–H and O–H groups in total. The van der Waals surface area contributed by atoms with Crippen LogP contribution in [-0.2, 0) is 4.79 Å². The van der Waals surface area contributed by atoms with E-state index in [9.17, 15) is 4.79 Å². The second kappa shape index (κ2) is 6.50. The summed E-state index contributed by atoms with van der Waals surface area (Å²) in [5.74, 6) is 0.418. The van der Waals surface area contributed by atoms with Crippen LogP contribution < -0.4 is 10.6 Å². The van der Waals surface area contributed by atoms with Gasteiger partial charge in [0.2, 0.25) is 5.91 Å². The monoisotopic (exact) mass is 288 g/mol. The quantitative estimate of drug-likeness (QED) is 0.843. The molecule has 0 radical (unpaired) electrons. The molecule has 0 spiro atoms. The van der Waals surface area contributed by atoms with Crippen LogP contribution in [0, 0.1) is 11.3 Å². The average molecular weight is 288 g/mol. The fraction of sp³-hybridized carbons (Fsp3) is 0.611. The second-order valence-electron chi connectivity index (χ2n) is 6.87. The molecule has 1 aliphatic carbocycles. The van der Waals surface area contributed by atoms with E-state index >= 15 is 0 Å². The number of hydrogen-bond donors (Lipinski definition) is 1. The highest BCUT2D eigenvalue weighted by molar-refractivity contribution is 5.95. The van der Waals surface area contributed by atoms with Gasteiger partial charge in [-0.2, -0.15) is 0 Å². The molecular formula is C18H28N2O. The summed E-state index contributed by atoms with van der Waals surface area (Å²) in [6, 6.07) is 7.66. The Kier molecular flexibility index (Phi) is 4.92. The highest BCUT2D eigenvalue weighted by Crippen LogP contribution is 2.42. The number of amides is 1. The number of benzene rings is 1. The number of nitrogens with zero attached hydrogens (tertiary/aromatic N) is 1. The first-order chi connectivity index (χ1) is 9.95. The lowest BCUT2D eigenvalue weighted by Gasteiger charge is -2.40. The van der Waals surface area contributed by atoms with E-state index in [-0.39, 0.29) is 17.2 Å². The molecule has 0 aliphatic heterocycles. The van der Waals surface area contributed by atoms with E-state index in [1.807, 2.05) is 29.2 Å². The fourth-order valence-corrected chi connectivity index (χ4v) is 3.38. The van der Waals surface area contributed by atoms with Crippen molar-refractivity contribution in [3.8, 4) is 0 Å². The minimum atomic E-state index is 0.106. The number of nitrogens with two attached hydrogens (primary N) is 1. The van der Waals surface area contributed by atoms with Crippen LogP contribution in [-0.4, -0.2) is 12.5 Å². The molecule has 1 aromatic carbocycles. The van der Waals surface area contributed by atoms with E-state index in [4.69, 9.17) is 5.73 Å². The van der Waals surface area contributed by atoms with Crippen LogP contribution in [0.1, 0.15) is 52.9 Å². The topological polar surface area (TPSA) is 46.3 Å². The van der Waals surface area contributed by atoms with E-state index < -0.39 is 0 Å². The molecule has 116 valence electrons. The number of anilines is 2. The van der Waals surface area contributed by atoms with Gasteiger partial charge in [0.1, 0.15) is 0 Å². The van der Waals surface area contributed by atoms with Gasteiger partial charge in [-0.1, -0.05) is 33.6 Å². The lowest BCUT2D eigenvalue weighted by molar-refractivity contribution is -0.127. The summed E-state index contributed by atoms with van der Waals surface area (Å²) in [7, 11) is 0. The van der Waals surface area contributed by atoms with Crippen LogP contribution >= 0.6 is 0 Å². The molecule has 1 aliphatic rings. The summed E-state index contributed by atoms with van der Waals surface area (Å²) >= 11 is 0. The minimum Gasteiger partial charge on any atom is -0.399 e. The molecular weight excluding hydrogens is 260 g/mol. The molecule has 0 aromatic heterocycles. The van der Waals surface area contributed by atoms with Crippen molar-refractivity contribution in [3.63, 3.8) is 0 Å². The van der Waals surface area contributed by atoms with Crippen molar-refractivity contribution in [3.05, 3.63) is 24.3 Å². The molecule has 3 nitrogen and oxygen atoms in total. The van der Waals surface area contributed by atoms with Gasteiger partial charge in [0.25, 0.3) is 0 Å². The summed E-state index contributed by atoms with van der Waals surface area (Å²) in [4.78, 5) is 15.0. The Morgan fingerprint density at radius 3 is 2.52 bits per heavy atom. The first-order valence-corrected chi connectivity index (χ1v) is 8.12. The Hall–Kier alpha value is -1.51. The number of rotatable bonds is 4. The van der Waals surface area contributed by atoms with Gasteiger partial charge in [0, 0.05) is 23.8 Å². The highest BCUT2D eigenvalue weighted by atomic mass is 16.2. The predicted octanol–water partition coefficient (Wildman–Crippen LogP) is 4.23. The summed E-state index contributed by atoms with van der Waals surface area (Å²) < 4.78 is 0. The predicted molar refractivity (Wildman–Crippen MR) is 89.2 cm³/mol. The van der Waals surface area contributed by atoms with Gasteiger partial charge < -0.3 is 10.6 Å². The standard InChI is InChI=1S/C18H28N2O/c1-4-13-20(15-10-8-14(19)9-11-15)17(21)16-7-5-6-12-18(16,2)3/h8-11,16H,4-7,12-13,19H2,1-3H3. The van der Waals surface area contributed by atoms with Crippen molar-refractivity contribution >= 4 is 17.3 Å². The molecule has 21 heavy (non-hydrogen) atoms. The molecule has 1 aromatic rings. The zero-order chi connectivity index (χ0) is 15.5. The number of nitrogen functional groups attached to an aromatic ring is 1. The number of carbonyl (C=O) groups is 1. The van der Waals surface area contributed by atoms with Crippen LogP contribution in [0.5, 0.6) is 0 Å². The van der Waals surface area contributed by atoms with Crippen molar-refractivity contribution < 1.29 is 4.79 Å². The van der Waals surface area contributed by atoms with Crippen LogP contribution in [0.15, 0.2) is 24.3 Å². The van der Waals surface area contributed by atoms with E-state index in [0.29, 0.717) is 0 Å². The molecule has 0 saturated heterocycles. The van der Waals surface area contributed by atoms with Crippen molar-refractivity contribution in [1.82, 2.24) is 0 Å². The van der Waals surface area contributed by atoms with E-state index in [1.54, 1.807) is 0 Å². The van der Waals surface area contributed by atoms with E-state index in [0.717, 1.165) is 37.2 Å². The van der Waals surface area contributed by atoms with E-state index in [2.05, 4.69) is 20.8 Å². The zero-order valence-corrected chi connectivity index (χ0v) is 13.6. The Balaban J connectivity index is 2.24. The molecule has 1 amide bonds. The van der Waals surface area contributed by atoms with Gasteiger partial charge in [-0.05, 0) is 48.9 Å². The van der Waals surface area contributed by atoms with Crippen LogP contribution in [0.2, 0.25) is 0 Å². The van der Waals surface area contributed by atoms with Crippen molar-refractivity contribution in [2.45, 2.75) is 52.9 Å². The van der Waals surface area contributed by atoms with Crippen LogP contribution in [0.3, 0.4) is 0 Å². The third-order valence-corrected chi connectivity index (χ3v) is 4.72. The SMILES string of the molecule is CCCN(C(=O)C1CCCCC1(C)C)c1ccc(N)cc1. The summed E-state index contributed by atoms with van der Waals surface area (Å²) in [5, 5.41) is 0. The highest BCUT2D eigenvalue weighted by Gasteiger charge is 2.39. The molecule has 1 unspecified atom stereocenters. The first kappa shape index (κ1) is 15.9. The van der Waals surface area contributed by atoms with Crippen molar-refractivity contribution in [2.24, 2.45) is 11.3 Å². The Morgan fingerprint density at radius 2 is 1.95 bits per heavy atom. The Labute approximate surface area is 128 Å². The lowest BCUT2D eigenvalue weighted by atomic mass is 9.68. The van der Waals surface area contributed by atoms with Gasteiger partial charge >= 0.3 is 0 Å². The molecule has 0 heterocycles. The van der Waals surface area contributed by atoms with Gasteiger partial charge in [0.15, 0.2) is 0 Å². The molecule has 0 bridgehead atoms. The fourth-order valence-electron chi connectivity index (χ4n) is 3.38. The Morgan fingerprint density at radius 1 is 1.29 bits per heavy atom. The molecule has 1 fully saturated rings. The third kappa shape index (κ3) is 3.58. The smallest absolute Gasteiger partial charge is 0.230 e. The number of carbonyl (C=O) groups excluding carboxylic acids is 1. The Bertz CT molecular complexity index is 478. The van der Waals surface area contributed by atoms with Crippen molar-refractivity contribution in [1.29, 1.82) is 0 Å². The lowest BCUT2D eigenvalue weighted by Crippen LogP contribution is -2.44. The first-order valence-electron chi connectivity index (χ1n) is 8.12. The van der Waals surface area contributed by atoms with Gasteiger partial charge in [-0.15, -0.1) is 0 Å². The molecule has 2 rings (SSSR count).